The third-order valence-electron chi connectivity index (χ3n) is 3.25. The van der Waals surface area contributed by atoms with E-state index in [1.54, 1.807) is 0 Å². The summed E-state index contributed by atoms with van der Waals surface area (Å²) in [5.41, 5.74) is 1.94. The molecule has 0 saturated carbocycles. The molecule has 0 spiro atoms. The predicted octanol–water partition coefficient (Wildman–Crippen LogP) is 3.14. The Kier molecular flexibility index (Phi) is 4.65. The van der Waals surface area contributed by atoms with Crippen LogP contribution >= 0.6 is 0 Å². The van der Waals surface area contributed by atoms with Crippen LogP contribution in [0.2, 0.25) is 0 Å². The summed E-state index contributed by atoms with van der Waals surface area (Å²) in [7, 11) is 0. The fraction of sp³-hybridized carbons (Fsp3) is 0.562. The van der Waals surface area contributed by atoms with Gasteiger partial charge in [-0.1, -0.05) is 24.3 Å². The van der Waals surface area contributed by atoms with Crippen LogP contribution in [0.25, 0.3) is 0 Å². The quantitative estimate of drug-likeness (QED) is 0.891. The number of hydrogen-bond acceptors (Lipinski definition) is 3. The summed E-state index contributed by atoms with van der Waals surface area (Å²) in [4.78, 5) is 11.6. The van der Waals surface area contributed by atoms with Crippen LogP contribution in [0.3, 0.4) is 0 Å². The SMILES string of the molecule is CC(C)(C)OC(=O)NCc1cccc(C2CCCN2)c1. The van der Waals surface area contributed by atoms with Crippen molar-refractivity contribution < 1.29 is 9.53 Å². The summed E-state index contributed by atoms with van der Waals surface area (Å²) in [5, 5.41) is 6.28. The van der Waals surface area contributed by atoms with Gasteiger partial charge in [-0.25, -0.2) is 4.79 Å². The molecule has 1 aliphatic rings. The molecule has 2 rings (SSSR count). The monoisotopic (exact) mass is 276 g/mol. The first-order valence-electron chi connectivity index (χ1n) is 7.23. The van der Waals surface area contributed by atoms with Crippen LogP contribution in [-0.4, -0.2) is 18.2 Å². The van der Waals surface area contributed by atoms with Gasteiger partial charge in [-0.2, -0.15) is 0 Å². The molecule has 0 aliphatic carbocycles. The van der Waals surface area contributed by atoms with E-state index in [4.69, 9.17) is 4.74 Å². The number of ether oxygens (including phenoxy) is 1. The molecular weight excluding hydrogens is 252 g/mol. The van der Waals surface area contributed by atoms with E-state index in [0.717, 1.165) is 12.1 Å². The molecule has 1 heterocycles. The Morgan fingerprint density at radius 2 is 2.25 bits per heavy atom. The molecule has 4 nitrogen and oxygen atoms in total. The van der Waals surface area contributed by atoms with Gasteiger partial charge >= 0.3 is 6.09 Å². The van der Waals surface area contributed by atoms with Gasteiger partial charge in [0, 0.05) is 12.6 Å². The van der Waals surface area contributed by atoms with Crippen LogP contribution in [0, 0.1) is 0 Å². The van der Waals surface area contributed by atoms with Crippen molar-refractivity contribution in [1.29, 1.82) is 0 Å². The normalized spacial score (nSPS) is 18.9. The summed E-state index contributed by atoms with van der Waals surface area (Å²) >= 11 is 0. The number of rotatable bonds is 3. The Morgan fingerprint density at radius 3 is 2.90 bits per heavy atom. The molecule has 20 heavy (non-hydrogen) atoms. The standard InChI is InChI=1S/C16H24N2O2/c1-16(2,3)20-15(19)18-11-12-6-4-7-13(10-12)14-8-5-9-17-14/h4,6-7,10,14,17H,5,8-9,11H2,1-3H3,(H,18,19). The summed E-state index contributed by atoms with van der Waals surface area (Å²) in [6.07, 6.45) is 2.04. The van der Waals surface area contributed by atoms with Crippen LogP contribution in [-0.2, 0) is 11.3 Å². The Labute approximate surface area is 120 Å². The first kappa shape index (κ1) is 14.9. The Morgan fingerprint density at radius 1 is 1.45 bits per heavy atom. The maximum Gasteiger partial charge on any atom is 0.407 e. The molecule has 1 amide bonds. The van der Waals surface area contributed by atoms with Crippen LogP contribution in [0.15, 0.2) is 24.3 Å². The molecule has 1 aromatic rings. The van der Waals surface area contributed by atoms with E-state index in [0.29, 0.717) is 12.6 Å². The molecule has 0 aromatic heterocycles. The van der Waals surface area contributed by atoms with Gasteiger partial charge in [-0.3, -0.25) is 0 Å². The Bertz CT molecular complexity index is 460. The van der Waals surface area contributed by atoms with Gasteiger partial charge in [0.05, 0.1) is 0 Å². The van der Waals surface area contributed by atoms with Gasteiger partial charge < -0.3 is 15.4 Å². The molecule has 0 bridgehead atoms. The molecule has 110 valence electrons. The lowest BCUT2D eigenvalue weighted by Crippen LogP contribution is -2.32. The fourth-order valence-electron chi connectivity index (χ4n) is 2.38. The van der Waals surface area contributed by atoms with E-state index in [9.17, 15) is 4.79 Å². The third-order valence-corrected chi connectivity index (χ3v) is 3.25. The zero-order chi connectivity index (χ0) is 14.6. The van der Waals surface area contributed by atoms with Crippen LogP contribution in [0.5, 0.6) is 0 Å². The van der Waals surface area contributed by atoms with Crippen molar-refractivity contribution in [1.82, 2.24) is 10.6 Å². The van der Waals surface area contributed by atoms with Gasteiger partial charge in [-0.15, -0.1) is 0 Å². The molecular formula is C16H24N2O2. The largest absolute Gasteiger partial charge is 0.444 e. The molecule has 1 fully saturated rings. The first-order chi connectivity index (χ1) is 9.44. The van der Waals surface area contributed by atoms with Crippen molar-refractivity contribution in [2.45, 2.75) is 51.8 Å². The minimum atomic E-state index is -0.459. The van der Waals surface area contributed by atoms with Crippen LogP contribution < -0.4 is 10.6 Å². The molecule has 0 radical (unpaired) electrons. The van der Waals surface area contributed by atoms with E-state index >= 15 is 0 Å². The van der Waals surface area contributed by atoms with E-state index in [1.165, 1.54) is 18.4 Å². The number of nitrogens with one attached hydrogen (secondary N) is 2. The number of benzene rings is 1. The van der Waals surface area contributed by atoms with Crippen molar-refractivity contribution in [2.24, 2.45) is 0 Å². The second-order valence-electron chi connectivity index (χ2n) is 6.25. The molecule has 1 unspecified atom stereocenters. The lowest BCUT2D eigenvalue weighted by molar-refractivity contribution is 0.0523. The minimum Gasteiger partial charge on any atom is -0.444 e. The molecule has 1 saturated heterocycles. The smallest absolute Gasteiger partial charge is 0.407 e. The van der Waals surface area contributed by atoms with E-state index < -0.39 is 5.60 Å². The summed E-state index contributed by atoms with van der Waals surface area (Å²) in [6, 6.07) is 8.81. The number of carbonyl (C=O) groups is 1. The van der Waals surface area contributed by atoms with E-state index in [-0.39, 0.29) is 6.09 Å². The lowest BCUT2D eigenvalue weighted by atomic mass is 10.0. The highest BCUT2D eigenvalue weighted by Gasteiger charge is 2.17. The summed E-state index contributed by atoms with van der Waals surface area (Å²) in [5.74, 6) is 0. The van der Waals surface area contributed by atoms with E-state index in [1.807, 2.05) is 32.9 Å². The van der Waals surface area contributed by atoms with Crippen molar-refractivity contribution >= 4 is 6.09 Å². The molecule has 4 heteroatoms. The molecule has 1 atom stereocenters. The van der Waals surface area contributed by atoms with Crippen molar-refractivity contribution in [3.05, 3.63) is 35.4 Å². The van der Waals surface area contributed by atoms with Crippen molar-refractivity contribution in [3.63, 3.8) is 0 Å². The summed E-state index contributed by atoms with van der Waals surface area (Å²) < 4.78 is 5.23. The Hall–Kier alpha value is -1.55. The molecule has 2 N–H and O–H groups in total. The average Bonchev–Trinajstić information content (AvgIpc) is 2.88. The zero-order valence-electron chi connectivity index (χ0n) is 12.5. The second kappa shape index (κ2) is 6.27. The maximum absolute atomic E-state index is 11.6. The predicted molar refractivity (Wildman–Crippen MR) is 79.5 cm³/mol. The van der Waals surface area contributed by atoms with E-state index in [2.05, 4.69) is 22.8 Å². The molecule has 1 aliphatic heterocycles. The first-order valence-corrected chi connectivity index (χ1v) is 7.23. The third kappa shape index (κ3) is 4.53. The van der Waals surface area contributed by atoms with Gasteiger partial charge in [0.15, 0.2) is 0 Å². The number of amides is 1. The number of alkyl carbamates (subject to hydrolysis) is 1. The highest BCUT2D eigenvalue weighted by Crippen LogP contribution is 2.23. The van der Waals surface area contributed by atoms with Crippen LogP contribution in [0.4, 0.5) is 4.79 Å². The number of carbonyl (C=O) groups excluding carboxylic acids is 1. The highest BCUT2D eigenvalue weighted by molar-refractivity contribution is 5.67. The molecule has 1 aromatic carbocycles. The topological polar surface area (TPSA) is 50.4 Å². The van der Waals surface area contributed by atoms with Crippen molar-refractivity contribution in [3.8, 4) is 0 Å². The highest BCUT2D eigenvalue weighted by atomic mass is 16.6. The van der Waals surface area contributed by atoms with Crippen molar-refractivity contribution in [2.75, 3.05) is 6.54 Å². The minimum absolute atomic E-state index is 0.373. The summed E-state index contributed by atoms with van der Waals surface area (Å²) in [6.45, 7) is 7.16. The van der Waals surface area contributed by atoms with Gasteiger partial charge in [0.25, 0.3) is 0 Å². The lowest BCUT2D eigenvalue weighted by Gasteiger charge is -2.20. The zero-order valence-corrected chi connectivity index (χ0v) is 12.5. The number of hydrogen-bond donors (Lipinski definition) is 2. The second-order valence-corrected chi connectivity index (χ2v) is 6.25. The average molecular weight is 276 g/mol. The Balaban J connectivity index is 1.90. The fourth-order valence-corrected chi connectivity index (χ4v) is 2.38. The van der Waals surface area contributed by atoms with Gasteiger partial charge in [-0.05, 0) is 51.3 Å². The van der Waals surface area contributed by atoms with Gasteiger partial charge in [0.2, 0.25) is 0 Å². The van der Waals surface area contributed by atoms with Gasteiger partial charge in [0.1, 0.15) is 5.60 Å². The maximum atomic E-state index is 11.6. The van der Waals surface area contributed by atoms with Crippen LogP contribution in [0.1, 0.15) is 50.8 Å².